The third-order valence-electron chi connectivity index (χ3n) is 2.54. The molecule has 0 N–H and O–H groups in total. The number of aromatic nitrogens is 1. The molecule has 0 bridgehead atoms. The third-order valence-corrected chi connectivity index (χ3v) is 2.54. The van der Waals surface area contributed by atoms with Gasteiger partial charge in [-0.2, -0.15) is 0 Å². The summed E-state index contributed by atoms with van der Waals surface area (Å²) >= 11 is 0. The van der Waals surface area contributed by atoms with Crippen molar-refractivity contribution in [3.8, 4) is 0 Å². The van der Waals surface area contributed by atoms with Gasteiger partial charge in [0.05, 0.1) is 0 Å². The van der Waals surface area contributed by atoms with Crippen molar-refractivity contribution in [3.05, 3.63) is 41.6 Å². The van der Waals surface area contributed by atoms with Gasteiger partial charge in [0, 0.05) is 42.2 Å². The van der Waals surface area contributed by atoms with Gasteiger partial charge in [-0.3, -0.25) is 9.98 Å². The number of allylic oxidation sites excluding steroid dienone is 1. The van der Waals surface area contributed by atoms with Crippen LogP contribution in [0, 0.1) is 0 Å². The minimum absolute atomic E-state index is 0.823. The first-order chi connectivity index (χ1) is 7.34. The second-order valence-corrected chi connectivity index (χ2v) is 3.74. The number of aliphatic imine (C=N–C) groups is 1. The molecule has 0 aromatic carbocycles. The topological polar surface area (TPSA) is 38.4 Å². The number of pyridine rings is 1. The lowest BCUT2D eigenvalue weighted by Crippen LogP contribution is -1.86. The van der Waals surface area contributed by atoms with E-state index in [0.717, 1.165) is 28.7 Å². The Morgan fingerprint density at radius 2 is 2.33 bits per heavy atom. The molecular weight excluding hydrogens is 188 g/mol. The van der Waals surface area contributed by atoms with Gasteiger partial charge in [-0.15, -0.1) is 0 Å². The minimum Gasteiger partial charge on any atom is -0.460 e. The van der Waals surface area contributed by atoms with Gasteiger partial charge < -0.3 is 4.42 Å². The molecule has 0 spiro atoms. The molecular formula is C12H10N2O. The highest BCUT2D eigenvalue weighted by molar-refractivity contribution is 5.99. The summed E-state index contributed by atoms with van der Waals surface area (Å²) in [7, 11) is 0. The molecule has 0 saturated heterocycles. The lowest BCUT2D eigenvalue weighted by molar-refractivity contribution is 0.560. The van der Waals surface area contributed by atoms with Gasteiger partial charge in [-0.25, -0.2) is 0 Å². The van der Waals surface area contributed by atoms with Crippen LogP contribution in [0.25, 0.3) is 11.0 Å². The molecule has 0 unspecified atom stereocenters. The quantitative estimate of drug-likeness (QED) is 0.652. The highest BCUT2D eigenvalue weighted by atomic mass is 16.3. The van der Waals surface area contributed by atoms with Crippen molar-refractivity contribution >= 4 is 17.2 Å². The Balaban J connectivity index is 2.31. The van der Waals surface area contributed by atoms with Crippen molar-refractivity contribution in [3.63, 3.8) is 0 Å². The van der Waals surface area contributed by atoms with E-state index < -0.39 is 0 Å². The molecule has 0 atom stereocenters. The fraction of sp³-hybridized carbons (Fsp3) is 0.167. The summed E-state index contributed by atoms with van der Waals surface area (Å²) in [5, 5.41) is 1.04. The van der Waals surface area contributed by atoms with E-state index in [1.54, 1.807) is 6.20 Å². The molecule has 0 fully saturated rings. The fourth-order valence-electron chi connectivity index (χ4n) is 1.82. The predicted molar refractivity (Wildman–Crippen MR) is 59.1 cm³/mol. The monoisotopic (exact) mass is 198 g/mol. The van der Waals surface area contributed by atoms with E-state index in [0.29, 0.717) is 0 Å². The summed E-state index contributed by atoms with van der Waals surface area (Å²) < 4.78 is 5.77. The average molecular weight is 198 g/mol. The summed E-state index contributed by atoms with van der Waals surface area (Å²) in [5.74, 6) is 0.980. The van der Waals surface area contributed by atoms with Crippen LogP contribution in [0.4, 0.5) is 0 Å². The first kappa shape index (κ1) is 8.41. The number of fused-ring (bicyclic) bond motifs is 3. The third kappa shape index (κ3) is 1.28. The number of nitrogens with zero attached hydrogens (tertiary/aromatic N) is 2. The molecule has 0 amide bonds. The van der Waals surface area contributed by atoms with E-state index in [1.165, 1.54) is 5.57 Å². The van der Waals surface area contributed by atoms with Crippen molar-refractivity contribution < 1.29 is 4.42 Å². The summed E-state index contributed by atoms with van der Waals surface area (Å²) in [6.45, 7) is 2.05. The van der Waals surface area contributed by atoms with Crippen LogP contribution in [0.5, 0.6) is 0 Å². The molecule has 3 heterocycles. The molecule has 3 nitrogen and oxygen atoms in total. The molecule has 0 saturated carbocycles. The zero-order chi connectivity index (χ0) is 10.3. The van der Waals surface area contributed by atoms with E-state index in [-0.39, 0.29) is 0 Å². The summed E-state index contributed by atoms with van der Waals surface area (Å²) in [5.41, 5.74) is 3.15. The molecule has 3 rings (SSSR count). The van der Waals surface area contributed by atoms with E-state index in [2.05, 4.69) is 16.9 Å². The van der Waals surface area contributed by atoms with E-state index in [1.807, 2.05) is 24.7 Å². The van der Waals surface area contributed by atoms with Crippen LogP contribution in [-0.2, 0) is 6.42 Å². The second kappa shape index (κ2) is 3.05. The molecule has 2 aromatic heterocycles. The van der Waals surface area contributed by atoms with Crippen LogP contribution < -0.4 is 0 Å². The van der Waals surface area contributed by atoms with Gasteiger partial charge in [0.15, 0.2) is 0 Å². The van der Waals surface area contributed by atoms with Crippen molar-refractivity contribution in [1.29, 1.82) is 0 Å². The molecule has 2 aromatic rings. The standard InChI is InChI=1S/C12H10N2O/c1-8-4-12-10(7-14-5-8)9-6-13-3-2-11(9)15-12/h2-3,5-7H,4H2,1H3. The summed E-state index contributed by atoms with van der Waals surface area (Å²) in [6.07, 6.45) is 8.11. The Morgan fingerprint density at radius 3 is 3.27 bits per heavy atom. The SMILES string of the molecule is CC1=CN=Cc2c(oc3ccncc23)C1. The molecule has 0 radical (unpaired) electrons. The zero-order valence-corrected chi connectivity index (χ0v) is 8.40. The van der Waals surface area contributed by atoms with Gasteiger partial charge in [0.25, 0.3) is 0 Å². The molecule has 1 aliphatic heterocycles. The normalized spacial score (nSPS) is 14.9. The van der Waals surface area contributed by atoms with Gasteiger partial charge in [0.2, 0.25) is 0 Å². The van der Waals surface area contributed by atoms with Crippen molar-refractivity contribution in [1.82, 2.24) is 4.98 Å². The summed E-state index contributed by atoms with van der Waals surface area (Å²) in [4.78, 5) is 8.34. The maximum absolute atomic E-state index is 5.77. The van der Waals surface area contributed by atoms with Gasteiger partial charge >= 0.3 is 0 Å². The maximum atomic E-state index is 5.77. The van der Waals surface area contributed by atoms with Crippen LogP contribution >= 0.6 is 0 Å². The first-order valence-electron chi connectivity index (χ1n) is 4.89. The largest absolute Gasteiger partial charge is 0.460 e. The van der Waals surface area contributed by atoms with Crippen LogP contribution in [0.15, 0.2) is 39.6 Å². The van der Waals surface area contributed by atoms with Gasteiger partial charge in [0.1, 0.15) is 11.3 Å². The van der Waals surface area contributed by atoms with Crippen LogP contribution in [0.1, 0.15) is 18.2 Å². The molecule has 15 heavy (non-hydrogen) atoms. The molecule has 1 aliphatic rings. The Bertz CT molecular complexity index is 578. The van der Waals surface area contributed by atoms with Crippen molar-refractivity contribution in [2.45, 2.75) is 13.3 Å². The van der Waals surface area contributed by atoms with Gasteiger partial charge in [-0.1, -0.05) is 0 Å². The average Bonchev–Trinajstić information content (AvgIpc) is 2.46. The molecule has 0 aliphatic carbocycles. The number of rotatable bonds is 0. The number of furan rings is 1. The smallest absolute Gasteiger partial charge is 0.138 e. The Morgan fingerprint density at radius 1 is 1.40 bits per heavy atom. The summed E-state index contributed by atoms with van der Waals surface area (Å²) in [6, 6.07) is 1.89. The fourth-order valence-corrected chi connectivity index (χ4v) is 1.82. The van der Waals surface area contributed by atoms with Crippen molar-refractivity contribution in [2.75, 3.05) is 0 Å². The molecule has 3 heteroatoms. The highest BCUT2D eigenvalue weighted by Crippen LogP contribution is 2.26. The Labute approximate surface area is 87.2 Å². The Hall–Kier alpha value is -1.90. The van der Waals surface area contributed by atoms with Crippen LogP contribution in [0.2, 0.25) is 0 Å². The van der Waals surface area contributed by atoms with E-state index in [4.69, 9.17) is 4.42 Å². The lowest BCUT2D eigenvalue weighted by atomic mass is 10.1. The lowest BCUT2D eigenvalue weighted by Gasteiger charge is -1.94. The second-order valence-electron chi connectivity index (χ2n) is 3.74. The number of hydrogen-bond acceptors (Lipinski definition) is 3. The van der Waals surface area contributed by atoms with Gasteiger partial charge in [-0.05, 0) is 18.6 Å². The zero-order valence-electron chi connectivity index (χ0n) is 8.40. The van der Waals surface area contributed by atoms with Crippen LogP contribution in [0.3, 0.4) is 0 Å². The Kier molecular flexibility index (Phi) is 1.71. The minimum atomic E-state index is 0.823. The van der Waals surface area contributed by atoms with Crippen molar-refractivity contribution in [2.24, 2.45) is 4.99 Å². The van der Waals surface area contributed by atoms with E-state index in [9.17, 15) is 0 Å². The number of hydrogen-bond donors (Lipinski definition) is 0. The molecule has 74 valence electrons. The maximum Gasteiger partial charge on any atom is 0.138 e. The van der Waals surface area contributed by atoms with E-state index >= 15 is 0 Å². The van der Waals surface area contributed by atoms with Crippen LogP contribution in [-0.4, -0.2) is 11.2 Å². The first-order valence-corrected chi connectivity index (χ1v) is 4.89. The highest BCUT2D eigenvalue weighted by Gasteiger charge is 2.14. The predicted octanol–water partition coefficient (Wildman–Crippen LogP) is 2.71.